The topological polar surface area (TPSA) is 85.2 Å². The maximum absolute atomic E-state index is 12.7. The summed E-state index contributed by atoms with van der Waals surface area (Å²) in [6.07, 6.45) is 1.69. The normalized spacial score (nSPS) is 15.4. The molecule has 8 heteroatoms. The predicted octanol–water partition coefficient (Wildman–Crippen LogP) is 6.62. The number of amides is 1. The number of para-hydroxylation sites is 1. The van der Waals surface area contributed by atoms with Gasteiger partial charge in [-0.2, -0.15) is 0 Å². The molecule has 1 aliphatic rings. The molecule has 6 nitrogen and oxygen atoms in total. The van der Waals surface area contributed by atoms with Crippen LogP contribution < -0.4 is 4.74 Å². The maximum atomic E-state index is 12.7. The van der Waals surface area contributed by atoms with E-state index < -0.39 is 11.9 Å². The smallest absolute Gasteiger partial charge is 0.344 e. The molecule has 1 aliphatic heterocycles. The third kappa shape index (κ3) is 6.05. The van der Waals surface area contributed by atoms with Crippen LogP contribution in [0.25, 0.3) is 6.08 Å². The summed E-state index contributed by atoms with van der Waals surface area (Å²) in [6, 6.07) is 23.1. The number of ether oxygens (including phenoxy) is 2. The molecule has 0 atom stereocenters. The third-order valence-electron chi connectivity index (χ3n) is 5.11. The lowest BCUT2D eigenvalue weighted by Gasteiger charge is -2.10. The molecule has 1 N–H and O–H groups in total. The van der Waals surface area contributed by atoms with Crippen LogP contribution >= 0.6 is 23.4 Å². The number of aliphatic imine (C=N–C) groups is 1. The van der Waals surface area contributed by atoms with Crippen molar-refractivity contribution in [2.75, 3.05) is 6.61 Å². The largest absolute Gasteiger partial charge is 0.506 e. The Morgan fingerprint density at radius 3 is 2.42 bits per heavy atom. The quantitative estimate of drug-likeness (QED) is 0.353. The van der Waals surface area contributed by atoms with E-state index in [2.05, 4.69) is 4.99 Å². The zero-order valence-corrected chi connectivity index (χ0v) is 20.9. The first-order chi connectivity index (χ1) is 17.5. The number of aliphatic hydroxyl groups excluding tert-OH is 1. The molecular formula is C28H22ClNO5S. The van der Waals surface area contributed by atoms with Crippen LogP contribution in [0.15, 0.2) is 100 Å². The van der Waals surface area contributed by atoms with E-state index in [1.54, 1.807) is 55.5 Å². The summed E-state index contributed by atoms with van der Waals surface area (Å²) in [5.74, 6) is -0.999. The summed E-state index contributed by atoms with van der Waals surface area (Å²) < 4.78 is 11.1. The van der Waals surface area contributed by atoms with Gasteiger partial charge in [0.05, 0.1) is 11.5 Å². The van der Waals surface area contributed by atoms with Crippen molar-refractivity contribution in [3.05, 3.63) is 117 Å². The van der Waals surface area contributed by atoms with Gasteiger partial charge >= 0.3 is 5.97 Å². The highest BCUT2D eigenvalue weighted by molar-refractivity contribution is 8.18. The molecule has 0 saturated carbocycles. The summed E-state index contributed by atoms with van der Waals surface area (Å²) in [6.45, 7) is 2.09. The molecule has 0 bridgehead atoms. The minimum atomic E-state index is -0.752. The Hall–Kier alpha value is -3.81. The number of aliphatic hydroxyl groups is 1. The standard InChI is InChI=1S/C28H22ClNO5S/c1-2-34-28(33)24-25(31)23(36-27(24)30-26(32)19-8-4-3-5-9-19)16-20-10-6-7-11-22(20)35-17-18-12-14-21(29)15-13-18/h3-16,31H,2,17H2,1H3/b23-16-,30-27?. The summed E-state index contributed by atoms with van der Waals surface area (Å²) in [5, 5.41) is 11.6. The number of carbonyl (C=O) groups excluding carboxylic acids is 2. The number of benzene rings is 3. The number of carbonyl (C=O) groups is 2. The van der Waals surface area contributed by atoms with Gasteiger partial charge in [-0.15, -0.1) is 0 Å². The predicted molar refractivity (Wildman–Crippen MR) is 142 cm³/mol. The Balaban J connectivity index is 1.65. The van der Waals surface area contributed by atoms with Crippen LogP contribution in [0.4, 0.5) is 0 Å². The average Bonchev–Trinajstić information content (AvgIpc) is 3.19. The Morgan fingerprint density at radius 2 is 1.69 bits per heavy atom. The third-order valence-corrected chi connectivity index (χ3v) is 6.38. The van der Waals surface area contributed by atoms with Gasteiger partial charge in [0.15, 0.2) is 0 Å². The number of thioether (sulfide) groups is 1. The molecule has 0 fully saturated rings. The molecule has 4 rings (SSSR count). The second-order valence-corrected chi connectivity index (χ2v) is 9.06. The van der Waals surface area contributed by atoms with Crippen molar-refractivity contribution in [1.29, 1.82) is 0 Å². The van der Waals surface area contributed by atoms with E-state index in [1.165, 1.54) is 0 Å². The van der Waals surface area contributed by atoms with E-state index >= 15 is 0 Å². The highest BCUT2D eigenvalue weighted by atomic mass is 35.5. The first kappa shape index (κ1) is 25.3. The maximum Gasteiger partial charge on any atom is 0.344 e. The average molecular weight is 520 g/mol. The van der Waals surface area contributed by atoms with Gasteiger partial charge < -0.3 is 14.6 Å². The fraction of sp³-hybridized carbons (Fsp3) is 0.107. The lowest BCUT2D eigenvalue weighted by atomic mass is 10.1. The Kier molecular flexibility index (Phi) is 8.25. The molecule has 0 aliphatic carbocycles. The van der Waals surface area contributed by atoms with E-state index in [4.69, 9.17) is 21.1 Å². The highest BCUT2D eigenvalue weighted by Gasteiger charge is 2.34. The van der Waals surface area contributed by atoms with Gasteiger partial charge in [0.25, 0.3) is 5.91 Å². The van der Waals surface area contributed by atoms with Crippen LogP contribution in [0.3, 0.4) is 0 Å². The van der Waals surface area contributed by atoms with Crippen molar-refractivity contribution in [2.24, 2.45) is 4.99 Å². The van der Waals surface area contributed by atoms with Crippen LogP contribution in [0.2, 0.25) is 5.02 Å². The van der Waals surface area contributed by atoms with Crippen molar-refractivity contribution < 1.29 is 24.2 Å². The number of halogens is 1. The molecule has 0 unspecified atom stereocenters. The second-order valence-electron chi connectivity index (χ2n) is 7.60. The monoisotopic (exact) mass is 519 g/mol. The molecule has 36 heavy (non-hydrogen) atoms. The van der Waals surface area contributed by atoms with Crippen molar-refractivity contribution in [3.63, 3.8) is 0 Å². The first-order valence-corrected chi connectivity index (χ1v) is 12.3. The van der Waals surface area contributed by atoms with E-state index in [0.29, 0.717) is 33.4 Å². The fourth-order valence-electron chi connectivity index (χ4n) is 3.34. The summed E-state index contributed by atoms with van der Waals surface area (Å²) >= 11 is 6.97. The number of rotatable bonds is 7. The molecule has 182 valence electrons. The Bertz CT molecular complexity index is 1360. The fourth-order valence-corrected chi connectivity index (χ4v) is 4.47. The minimum absolute atomic E-state index is 0.0746. The molecule has 0 saturated heterocycles. The Labute approximate surface area is 217 Å². The molecule has 1 heterocycles. The SMILES string of the molecule is CCOC(=O)C1=C(O)/C(=C/c2ccccc2OCc2ccc(Cl)cc2)SC1=NC(=O)c1ccccc1. The molecule has 0 radical (unpaired) electrons. The van der Waals surface area contributed by atoms with Crippen LogP contribution in [0.5, 0.6) is 5.75 Å². The first-order valence-electron chi connectivity index (χ1n) is 11.1. The van der Waals surface area contributed by atoms with Gasteiger partial charge in [0.2, 0.25) is 0 Å². The van der Waals surface area contributed by atoms with Crippen LogP contribution in [0.1, 0.15) is 28.4 Å². The molecule has 3 aromatic carbocycles. The highest BCUT2D eigenvalue weighted by Crippen LogP contribution is 2.40. The molecule has 1 amide bonds. The van der Waals surface area contributed by atoms with Gasteiger partial charge in [0, 0.05) is 16.1 Å². The summed E-state index contributed by atoms with van der Waals surface area (Å²) in [5.41, 5.74) is 1.85. The number of hydrogen-bond acceptors (Lipinski definition) is 6. The lowest BCUT2D eigenvalue weighted by molar-refractivity contribution is -0.138. The number of nitrogens with zero attached hydrogens (tertiary/aromatic N) is 1. The summed E-state index contributed by atoms with van der Waals surface area (Å²) in [4.78, 5) is 29.8. The van der Waals surface area contributed by atoms with Crippen LogP contribution in [-0.2, 0) is 16.1 Å². The molecule has 0 spiro atoms. The summed E-state index contributed by atoms with van der Waals surface area (Å²) in [7, 11) is 0. The molecule has 3 aromatic rings. The van der Waals surface area contributed by atoms with Crippen molar-refractivity contribution in [3.8, 4) is 5.75 Å². The molecule has 0 aromatic heterocycles. The van der Waals surface area contributed by atoms with Gasteiger partial charge in [-0.1, -0.05) is 71.9 Å². The van der Waals surface area contributed by atoms with Crippen LogP contribution in [0, 0.1) is 0 Å². The number of esters is 1. The van der Waals surface area contributed by atoms with Crippen molar-refractivity contribution in [1.82, 2.24) is 0 Å². The Morgan fingerprint density at radius 1 is 1.00 bits per heavy atom. The zero-order chi connectivity index (χ0) is 25.5. The molecular weight excluding hydrogens is 498 g/mol. The van der Waals surface area contributed by atoms with E-state index in [9.17, 15) is 14.7 Å². The van der Waals surface area contributed by atoms with Crippen molar-refractivity contribution >= 4 is 46.4 Å². The van der Waals surface area contributed by atoms with Gasteiger partial charge in [0.1, 0.15) is 28.7 Å². The van der Waals surface area contributed by atoms with E-state index in [0.717, 1.165) is 17.3 Å². The van der Waals surface area contributed by atoms with E-state index in [1.807, 2.05) is 36.4 Å². The lowest BCUT2D eigenvalue weighted by Crippen LogP contribution is -2.14. The van der Waals surface area contributed by atoms with Gasteiger partial charge in [-0.3, -0.25) is 4.79 Å². The van der Waals surface area contributed by atoms with Gasteiger partial charge in [-0.25, -0.2) is 9.79 Å². The second kappa shape index (κ2) is 11.7. The minimum Gasteiger partial charge on any atom is -0.506 e. The van der Waals surface area contributed by atoms with E-state index in [-0.39, 0.29) is 23.0 Å². The zero-order valence-electron chi connectivity index (χ0n) is 19.3. The van der Waals surface area contributed by atoms with Crippen molar-refractivity contribution in [2.45, 2.75) is 13.5 Å². The van der Waals surface area contributed by atoms with Gasteiger partial charge in [-0.05, 0) is 48.9 Å². The number of hydrogen-bond donors (Lipinski definition) is 1. The van der Waals surface area contributed by atoms with Crippen LogP contribution in [-0.4, -0.2) is 28.6 Å².